The highest BCUT2D eigenvalue weighted by Gasteiger charge is 2.15. The molecule has 0 amide bonds. The monoisotopic (exact) mass is 311 g/mol. The molecule has 19 heavy (non-hydrogen) atoms. The minimum atomic E-state index is -3.70. The molecule has 0 unspecified atom stereocenters. The van der Waals surface area contributed by atoms with Gasteiger partial charge < -0.3 is 9.47 Å². The van der Waals surface area contributed by atoms with E-state index in [1.807, 2.05) is 0 Å². The summed E-state index contributed by atoms with van der Waals surface area (Å²) in [5, 5.41) is -0.237. The van der Waals surface area contributed by atoms with Crippen LogP contribution in [0.1, 0.15) is 0 Å². The van der Waals surface area contributed by atoms with Gasteiger partial charge in [0.1, 0.15) is 5.82 Å². The largest absolute Gasteiger partial charge is 0.382 e. The molecule has 0 radical (unpaired) electrons. The van der Waals surface area contributed by atoms with Crippen molar-refractivity contribution in [2.24, 2.45) is 0 Å². The van der Waals surface area contributed by atoms with Crippen molar-refractivity contribution in [1.82, 2.24) is 4.72 Å². The quantitative estimate of drug-likeness (QED) is 0.738. The van der Waals surface area contributed by atoms with Crippen molar-refractivity contribution < 1.29 is 22.3 Å². The second-order valence-corrected chi connectivity index (χ2v) is 5.75. The first-order valence-corrected chi connectivity index (χ1v) is 7.35. The van der Waals surface area contributed by atoms with E-state index in [0.29, 0.717) is 13.2 Å². The average Bonchev–Trinajstić information content (AvgIpc) is 2.36. The third-order valence-corrected chi connectivity index (χ3v) is 3.92. The van der Waals surface area contributed by atoms with Gasteiger partial charge in [-0.3, -0.25) is 0 Å². The molecule has 0 aliphatic heterocycles. The van der Waals surface area contributed by atoms with Gasteiger partial charge in [0.2, 0.25) is 10.0 Å². The van der Waals surface area contributed by atoms with E-state index in [1.54, 1.807) is 7.11 Å². The highest BCUT2D eigenvalue weighted by Crippen LogP contribution is 2.19. The van der Waals surface area contributed by atoms with Crippen LogP contribution in [0.3, 0.4) is 0 Å². The van der Waals surface area contributed by atoms with Gasteiger partial charge in [-0.25, -0.2) is 17.5 Å². The van der Waals surface area contributed by atoms with E-state index >= 15 is 0 Å². The molecular weight excluding hydrogens is 297 g/mol. The number of rotatable bonds is 8. The van der Waals surface area contributed by atoms with E-state index in [-0.39, 0.29) is 23.1 Å². The van der Waals surface area contributed by atoms with Crippen molar-refractivity contribution in [3.63, 3.8) is 0 Å². The minimum Gasteiger partial charge on any atom is -0.382 e. The lowest BCUT2D eigenvalue weighted by Gasteiger charge is -2.08. The van der Waals surface area contributed by atoms with E-state index in [0.717, 1.165) is 18.2 Å². The number of sulfonamides is 1. The Balaban J connectivity index is 2.49. The van der Waals surface area contributed by atoms with Gasteiger partial charge in [0, 0.05) is 13.7 Å². The fraction of sp³-hybridized carbons (Fsp3) is 0.455. The number of hydrogen-bond donors (Lipinski definition) is 1. The van der Waals surface area contributed by atoms with Gasteiger partial charge in [-0.05, 0) is 18.2 Å². The molecule has 0 heterocycles. The number of methoxy groups -OCH3 is 1. The van der Waals surface area contributed by atoms with Crippen LogP contribution in [0.4, 0.5) is 4.39 Å². The molecule has 0 saturated carbocycles. The van der Waals surface area contributed by atoms with Crippen LogP contribution in [0.2, 0.25) is 5.02 Å². The Morgan fingerprint density at radius 1 is 1.32 bits per heavy atom. The van der Waals surface area contributed by atoms with Gasteiger partial charge in [0.05, 0.1) is 29.7 Å². The number of benzene rings is 1. The molecular formula is C11H15ClFNO4S. The van der Waals surface area contributed by atoms with Gasteiger partial charge in [0.15, 0.2) is 0 Å². The zero-order valence-corrected chi connectivity index (χ0v) is 11.9. The molecule has 1 aromatic carbocycles. The minimum absolute atomic E-state index is 0.0872. The topological polar surface area (TPSA) is 64.6 Å². The Labute approximate surface area is 116 Å². The lowest BCUT2D eigenvalue weighted by Crippen LogP contribution is -2.27. The first-order chi connectivity index (χ1) is 8.97. The van der Waals surface area contributed by atoms with Crippen molar-refractivity contribution in [3.8, 4) is 0 Å². The molecule has 5 nitrogen and oxygen atoms in total. The lowest BCUT2D eigenvalue weighted by atomic mass is 10.3. The highest BCUT2D eigenvalue weighted by molar-refractivity contribution is 7.89. The number of nitrogens with one attached hydrogen (secondary N) is 1. The van der Waals surface area contributed by atoms with Crippen LogP contribution in [0.5, 0.6) is 0 Å². The molecule has 0 aliphatic rings. The van der Waals surface area contributed by atoms with Crippen molar-refractivity contribution >= 4 is 21.6 Å². The fourth-order valence-corrected chi connectivity index (χ4v) is 2.50. The number of halogens is 2. The molecule has 0 aromatic heterocycles. The van der Waals surface area contributed by atoms with Crippen LogP contribution < -0.4 is 4.72 Å². The second-order valence-electron chi connectivity index (χ2n) is 3.58. The fourth-order valence-electron chi connectivity index (χ4n) is 1.22. The van der Waals surface area contributed by atoms with Crippen molar-refractivity contribution in [2.45, 2.75) is 4.90 Å². The maximum absolute atomic E-state index is 12.9. The van der Waals surface area contributed by atoms with Crippen molar-refractivity contribution in [2.75, 3.05) is 33.5 Å². The van der Waals surface area contributed by atoms with E-state index in [4.69, 9.17) is 21.1 Å². The summed E-state index contributed by atoms with van der Waals surface area (Å²) in [5.41, 5.74) is 0. The van der Waals surface area contributed by atoms with Crippen LogP contribution >= 0.6 is 11.6 Å². The summed E-state index contributed by atoms with van der Waals surface area (Å²) in [6.07, 6.45) is 0. The summed E-state index contributed by atoms with van der Waals surface area (Å²) in [6.45, 7) is 1.17. The number of hydrogen-bond acceptors (Lipinski definition) is 4. The van der Waals surface area contributed by atoms with Gasteiger partial charge in [-0.2, -0.15) is 0 Å². The molecule has 0 saturated heterocycles. The first kappa shape index (κ1) is 16.3. The van der Waals surface area contributed by atoms with Crippen LogP contribution in [0, 0.1) is 5.82 Å². The van der Waals surface area contributed by atoms with Gasteiger partial charge in [0.25, 0.3) is 0 Å². The maximum atomic E-state index is 12.9. The molecule has 0 spiro atoms. The van der Waals surface area contributed by atoms with Crippen molar-refractivity contribution in [1.29, 1.82) is 0 Å². The Bertz CT molecular complexity index is 509. The third-order valence-electron chi connectivity index (χ3n) is 2.17. The average molecular weight is 312 g/mol. The lowest BCUT2D eigenvalue weighted by molar-refractivity contribution is 0.0736. The summed E-state index contributed by atoms with van der Waals surface area (Å²) in [4.78, 5) is -0.0872. The SMILES string of the molecule is COCCOCCNS(=O)(=O)c1ccc(F)c(Cl)c1. The molecule has 0 bridgehead atoms. The normalized spacial score (nSPS) is 11.7. The Morgan fingerprint density at radius 3 is 2.68 bits per heavy atom. The summed E-state index contributed by atoms with van der Waals surface area (Å²) in [7, 11) is -2.16. The summed E-state index contributed by atoms with van der Waals surface area (Å²) >= 11 is 5.53. The molecule has 1 rings (SSSR count). The second kappa shape index (κ2) is 7.76. The summed E-state index contributed by atoms with van der Waals surface area (Å²) < 4.78 is 48.8. The smallest absolute Gasteiger partial charge is 0.240 e. The van der Waals surface area contributed by atoms with E-state index in [9.17, 15) is 12.8 Å². The Morgan fingerprint density at radius 2 is 2.05 bits per heavy atom. The summed E-state index contributed by atoms with van der Waals surface area (Å²) in [5.74, 6) is -0.663. The number of ether oxygens (including phenoxy) is 2. The van der Waals surface area contributed by atoms with Gasteiger partial charge in [-0.15, -0.1) is 0 Å². The predicted molar refractivity (Wildman–Crippen MR) is 69.3 cm³/mol. The molecule has 0 atom stereocenters. The zero-order chi connectivity index (χ0) is 14.3. The predicted octanol–water partition coefficient (Wildman–Crippen LogP) is 1.42. The van der Waals surface area contributed by atoms with E-state index in [1.165, 1.54) is 0 Å². The van der Waals surface area contributed by atoms with Gasteiger partial charge in [-0.1, -0.05) is 11.6 Å². The van der Waals surface area contributed by atoms with E-state index in [2.05, 4.69) is 4.72 Å². The van der Waals surface area contributed by atoms with Crippen LogP contribution in [0.25, 0.3) is 0 Å². The zero-order valence-electron chi connectivity index (χ0n) is 10.4. The van der Waals surface area contributed by atoms with Crippen LogP contribution in [-0.2, 0) is 19.5 Å². The third kappa shape index (κ3) is 5.42. The van der Waals surface area contributed by atoms with Gasteiger partial charge >= 0.3 is 0 Å². The van der Waals surface area contributed by atoms with E-state index < -0.39 is 15.8 Å². The summed E-state index contributed by atoms with van der Waals surface area (Å²) in [6, 6.07) is 3.21. The van der Waals surface area contributed by atoms with Crippen LogP contribution in [-0.4, -0.2) is 41.9 Å². The molecule has 1 aromatic rings. The molecule has 8 heteroatoms. The first-order valence-electron chi connectivity index (χ1n) is 5.49. The molecule has 0 aliphatic carbocycles. The van der Waals surface area contributed by atoms with Crippen LogP contribution in [0.15, 0.2) is 23.1 Å². The molecule has 1 N–H and O–H groups in total. The molecule has 108 valence electrons. The molecule has 0 fully saturated rings. The Kier molecular flexibility index (Phi) is 6.67. The maximum Gasteiger partial charge on any atom is 0.240 e. The Hall–Kier alpha value is -0.730. The standard InChI is InChI=1S/C11H15ClFNO4S/c1-17-6-7-18-5-4-14-19(15,16)9-2-3-11(13)10(12)8-9/h2-3,8,14H,4-7H2,1H3. The highest BCUT2D eigenvalue weighted by atomic mass is 35.5. The van der Waals surface area contributed by atoms with Crippen molar-refractivity contribution in [3.05, 3.63) is 29.0 Å².